The minimum atomic E-state index is 0.149. The van der Waals surface area contributed by atoms with Crippen molar-refractivity contribution in [1.29, 1.82) is 0 Å². The van der Waals surface area contributed by atoms with E-state index in [2.05, 4.69) is 0 Å². The maximum atomic E-state index is 9.45. The molecule has 0 aliphatic rings. The highest BCUT2D eigenvalue weighted by Crippen LogP contribution is 2.29. The number of benzene rings is 3. The largest absolute Gasteiger partial charge is 0.508 e. The minimum absolute atomic E-state index is 0.149. The fraction of sp³-hybridized carbons (Fsp3) is 0.100. The Balaban J connectivity index is 0.000000185. The van der Waals surface area contributed by atoms with E-state index < -0.39 is 0 Å². The molecular formula is C20H20O3. The summed E-state index contributed by atoms with van der Waals surface area (Å²) in [4.78, 5) is 0. The van der Waals surface area contributed by atoms with E-state index in [0.29, 0.717) is 17.2 Å². The molecule has 0 bridgehead atoms. The van der Waals surface area contributed by atoms with Crippen LogP contribution in [0.1, 0.15) is 11.1 Å². The van der Waals surface area contributed by atoms with Crippen LogP contribution in [0.5, 0.6) is 23.0 Å². The third kappa shape index (κ3) is 5.08. The number of hydrogen-bond acceptors (Lipinski definition) is 3. The molecule has 3 rings (SSSR count). The summed E-state index contributed by atoms with van der Waals surface area (Å²) in [6.45, 7) is 3.84. The van der Waals surface area contributed by atoms with Crippen LogP contribution in [0.3, 0.4) is 0 Å². The van der Waals surface area contributed by atoms with Gasteiger partial charge in [0.15, 0.2) is 11.5 Å². The molecule has 3 nitrogen and oxygen atoms in total. The van der Waals surface area contributed by atoms with Gasteiger partial charge in [-0.3, -0.25) is 0 Å². The van der Waals surface area contributed by atoms with Crippen molar-refractivity contribution in [2.75, 3.05) is 0 Å². The molecule has 3 aromatic carbocycles. The zero-order chi connectivity index (χ0) is 16.7. The smallest absolute Gasteiger partial charge is 0.169 e. The number of phenols is 2. The first-order valence-corrected chi connectivity index (χ1v) is 7.33. The predicted molar refractivity (Wildman–Crippen MR) is 92.2 cm³/mol. The zero-order valence-corrected chi connectivity index (χ0v) is 13.2. The number of rotatable bonds is 2. The number of aryl methyl sites for hydroxylation is 2. The lowest BCUT2D eigenvalue weighted by atomic mass is 10.1. The Labute approximate surface area is 136 Å². The molecule has 23 heavy (non-hydrogen) atoms. The minimum Gasteiger partial charge on any atom is -0.508 e. The van der Waals surface area contributed by atoms with Crippen LogP contribution < -0.4 is 4.74 Å². The van der Waals surface area contributed by atoms with E-state index in [1.807, 2.05) is 62.4 Å². The molecule has 0 aliphatic carbocycles. The summed E-state index contributed by atoms with van der Waals surface area (Å²) in [6.07, 6.45) is 0. The van der Waals surface area contributed by atoms with E-state index >= 15 is 0 Å². The summed E-state index contributed by atoms with van der Waals surface area (Å²) in [5, 5.41) is 18.5. The van der Waals surface area contributed by atoms with Crippen molar-refractivity contribution in [2.45, 2.75) is 13.8 Å². The third-order valence-electron chi connectivity index (χ3n) is 3.20. The maximum Gasteiger partial charge on any atom is 0.169 e. The molecule has 0 spiro atoms. The van der Waals surface area contributed by atoms with Crippen LogP contribution in [0.25, 0.3) is 0 Å². The molecule has 0 saturated heterocycles. The molecule has 0 fully saturated rings. The summed E-state index contributed by atoms with van der Waals surface area (Å²) in [7, 11) is 0. The molecule has 0 aliphatic heterocycles. The first kappa shape index (κ1) is 16.4. The predicted octanol–water partition coefficient (Wildman–Crippen LogP) is 5.19. The van der Waals surface area contributed by atoms with Crippen LogP contribution in [0.15, 0.2) is 72.8 Å². The summed E-state index contributed by atoms with van der Waals surface area (Å²) < 4.78 is 5.46. The fourth-order valence-corrected chi connectivity index (χ4v) is 1.88. The van der Waals surface area contributed by atoms with Gasteiger partial charge in [0.05, 0.1) is 0 Å². The first-order chi connectivity index (χ1) is 11.1. The Morgan fingerprint density at radius 1 is 0.696 bits per heavy atom. The van der Waals surface area contributed by atoms with Crippen LogP contribution in [0, 0.1) is 13.8 Å². The van der Waals surface area contributed by atoms with E-state index in [0.717, 1.165) is 11.1 Å². The van der Waals surface area contributed by atoms with E-state index in [9.17, 15) is 5.11 Å². The Hall–Kier alpha value is -2.94. The molecule has 0 amide bonds. The van der Waals surface area contributed by atoms with Gasteiger partial charge in [-0.05, 0) is 55.3 Å². The Morgan fingerprint density at radius 3 is 1.96 bits per heavy atom. The first-order valence-electron chi connectivity index (χ1n) is 7.33. The van der Waals surface area contributed by atoms with Crippen molar-refractivity contribution in [3.05, 3.63) is 83.9 Å². The van der Waals surface area contributed by atoms with Crippen molar-refractivity contribution < 1.29 is 14.9 Å². The van der Waals surface area contributed by atoms with Crippen LogP contribution >= 0.6 is 0 Å². The van der Waals surface area contributed by atoms with Gasteiger partial charge in [-0.2, -0.15) is 0 Å². The van der Waals surface area contributed by atoms with Crippen molar-refractivity contribution >= 4 is 0 Å². The van der Waals surface area contributed by atoms with Crippen LogP contribution in [0.2, 0.25) is 0 Å². The Morgan fingerprint density at radius 2 is 1.35 bits per heavy atom. The maximum absolute atomic E-state index is 9.45. The number of aromatic hydroxyl groups is 2. The van der Waals surface area contributed by atoms with Crippen LogP contribution in [0.4, 0.5) is 0 Å². The molecule has 0 atom stereocenters. The van der Waals surface area contributed by atoms with Crippen molar-refractivity contribution in [2.24, 2.45) is 0 Å². The molecule has 2 N–H and O–H groups in total. The SMILES string of the molecule is Cc1ccc(C)c(O)c1.Oc1ccccc1Oc1ccccc1. The molecule has 0 radical (unpaired) electrons. The third-order valence-corrected chi connectivity index (χ3v) is 3.20. The fourth-order valence-electron chi connectivity index (χ4n) is 1.88. The molecule has 3 aromatic rings. The van der Waals surface area contributed by atoms with Gasteiger partial charge < -0.3 is 14.9 Å². The van der Waals surface area contributed by atoms with Crippen molar-refractivity contribution in [3.63, 3.8) is 0 Å². The van der Waals surface area contributed by atoms with E-state index in [1.54, 1.807) is 24.3 Å². The molecule has 3 heteroatoms. The second kappa shape index (κ2) is 7.90. The van der Waals surface area contributed by atoms with E-state index in [4.69, 9.17) is 9.84 Å². The normalized spacial score (nSPS) is 9.65. The lowest BCUT2D eigenvalue weighted by Gasteiger charge is -2.06. The highest BCUT2D eigenvalue weighted by molar-refractivity contribution is 5.41. The Bertz CT molecular complexity index is 752. The monoisotopic (exact) mass is 308 g/mol. The second-order valence-corrected chi connectivity index (χ2v) is 5.17. The lowest BCUT2D eigenvalue weighted by molar-refractivity contribution is 0.411. The summed E-state index contributed by atoms with van der Waals surface area (Å²) in [5.74, 6) is 1.72. The van der Waals surface area contributed by atoms with Crippen molar-refractivity contribution in [3.8, 4) is 23.0 Å². The van der Waals surface area contributed by atoms with Gasteiger partial charge in [-0.1, -0.05) is 42.5 Å². The number of phenolic OH excluding ortho intramolecular Hbond substituents is 2. The Kier molecular flexibility index (Phi) is 5.64. The number of ether oxygens (including phenoxy) is 1. The van der Waals surface area contributed by atoms with Gasteiger partial charge in [0.2, 0.25) is 0 Å². The van der Waals surface area contributed by atoms with E-state index in [-0.39, 0.29) is 5.75 Å². The lowest BCUT2D eigenvalue weighted by Crippen LogP contribution is -1.83. The van der Waals surface area contributed by atoms with Crippen LogP contribution in [-0.2, 0) is 0 Å². The molecular weight excluding hydrogens is 288 g/mol. The number of para-hydroxylation sites is 3. The zero-order valence-electron chi connectivity index (χ0n) is 13.2. The van der Waals surface area contributed by atoms with Crippen LogP contribution in [-0.4, -0.2) is 10.2 Å². The highest BCUT2D eigenvalue weighted by atomic mass is 16.5. The molecule has 118 valence electrons. The van der Waals surface area contributed by atoms with Gasteiger partial charge in [0.1, 0.15) is 11.5 Å². The topological polar surface area (TPSA) is 49.7 Å². The molecule has 0 unspecified atom stereocenters. The summed E-state index contributed by atoms with van der Waals surface area (Å²) >= 11 is 0. The van der Waals surface area contributed by atoms with Gasteiger partial charge >= 0.3 is 0 Å². The van der Waals surface area contributed by atoms with E-state index in [1.165, 1.54) is 0 Å². The van der Waals surface area contributed by atoms with Crippen molar-refractivity contribution in [1.82, 2.24) is 0 Å². The number of hydrogen-bond donors (Lipinski definition) is 2. The average Bonchev–Trinajstić information content (AvgIpc) is 2.55. The average molecular weight is 308 g/mol. The van der Waals surface area contributed by atoms with Gasteiger partial charge in [-0.15, -0.1) is 0 Å². The molecule has 0 saturated carbocycles. The highest BCUT2D eigenvalue weighted by Gasteiger charge is 2.00. The second-order valence-electron chi connectivity index (χ2n) is 5.17. The molecule has 0 heterocycles. The van der Waals surface area contributed by atoms with Gasteiger partial charge in [0.25, 0.3) is 0 Å². The quantitative estimate of drug-likeness (QED) is 0.684. The summed E-state index contributed by atoms with van der Waals surface area (Å²) in [6, 6.07) is 21.9. The van der Waals surface area contributed by atoms with Gasteiger partial charge in [-0.25, -0.2) is 0 Å². The van der Waals surface area contributed by atoms with Gasteiger partial charge in [0, 0.05) is 0 Å². The summed E-state index contributed by atoms with van der Waals surface area (Å²) in [5.41, 5.74) is 2.03. The molecule has 0 aromatic heterocycles. The standard InChI is InChI=1S/C12H10O2.C8H10O/c13-11-8-4-5-9-12(11)14-10-6-2-1-3-7-10;1-6-3-4-7(2)8(9)5-6/h1-9,13H;3-5,9H,1-2H3.